The Morgan fingerprint density at radius 3 is 3.00 bits per heavy atom. The molecule has 0 fully saturated rings. The zero-order valence-electron chi connectivity index (χ0n) is 8.90. The average molecular weight is 197 g/mol. The summed E-state index contributed by atoms with van der Waals surface area (Å²) < 4.78 is 1.93. The Morgan fingerprint density at radius 1 is 1.57 bits per heavy atom. The molecule has 0 spiro atoms. The third-order valence-corrected chi connectivity index (χ3v) is 1.98. The molecule has 0 aliphatic heterocycles. The number of aromatic nitrogens is 3. The Balaban J connectivity index is 2.38. The summed E-state index contributed by atoms with van der Waals surface area (Å²) in [7, 11) is 0. The first-order chi connectivity index (χ1) is 6.75. The molecule has 0 radical (unpaired) electrons. The topological polar surface area (TPSA) is 68.8 Å². The maximum Gasteiger partial charge on any atom is 0.141 e. The molecular formula is C9H19N5. The molecule has 5 nitrogen and oxygen atoms in total. The minimum atomic E-state index is 0.365. The molecule has 0 saturated carbocycles. The minimum Gasteiger partial charge on any atom is -0.330 e. The lowest BCUT2D eigenvalue weighted by molar-refractivity contribution is 0.489. The lowest BCUT2D eigenvalue weighted by Gasteiger charge is -2.09. The standard InChI is InChI=1S/C9H19N5/c1-8(2)14-9(12-7-13-14)6-11-5-3-4-10/h7-8,11H,3-6,10H2,1-2H3. The summed E-state index contributed by atoms with van der Waals surface area (Å²) in [6, 6.07) is 0.365. The van der Waals surface area contributed by atoms with Crippen molar-refractivity contribution in [2.75, 3.05) is 13.1 Å². The summed E-state index contributed by atoms with van der Waals surface area (Å²) in [5.74, 6) is 0.983. The van der Waals surface area contributed by atoms with Crippen LogP contribution >= 0.6 is 0 Å². The van der Waals surface area contributed by atoms with E-state index < -0.39 is 0 Å². The summed E-state index contributed by atoms with van der Waals surface area (Å²) in [4.78, 5) is 4.19. The second-order valence-corrected chi connectivity index (χ2v) is 3.53. The van der Waals surface area contributed by atoms with Crippen LogP contribution in [0.4, 0.5) is 0 Å². The Hall–Kier alpha value is -0.940. The normalized spacial score (nSPS) is 11.1. The fourth-order valence-corrected chi connectivity index (χ4v) is 1.26. The molecule has 0 aromatic carbocycles. The van der Waals surface area contributed by atoms with Gasteiger partial charge in [-0.3, -0.25) is 0 Å². The monoisotopic (exact) mass is 197 g/mol. The van der Waals surface area contributed by atoms with E-state index >= 15 is 0 Å². The van der Waals surface area contributed by atoms with Gasteiger partial charge in [-0.25, -0.2) is 9.67 Å². The molecule has 0 atom stereocenters. The highest BCUT2D eigenvalue weighted by Crippen LogP contribution is 2.04. The predicted molar refractivity (Wildman–Crippen MR) is 55.8 cm³/mol. The molecule has 80 valence electrons. The van der Waals surface area contributed by atoms with Gasteiger partial charge in [-0.15, -0.1) is 0 Å². The molecule has 1 aromatic heterocycles. The van der Waals surface area contributed by atoms with Crippen LogP contribution in [0.2, 0.25) is 0 Å². The minimum absolute atomic E-state index is 0.365. The van der Waals surface area contributed by atoms with Gasteiger partial charge in [0.1, 0.15) is 12.2 Å². The summed E-state index contributed by atoms with van der Waals surface area (Å²) in [6.07, 6.45) is 2.59. The first-order valence-electron chi connectivity index (χ1n) is 5.05. The van der Waals surface area contributed by atoms with Crippen LogP contribution in [-0.4, -0.2) is 27.9 Å². The van der Waals surface area contributed by atoms with Crippen molar-refractivity contribution in [3.63, 3.8) is 0 Å². The van der Waals surface area contributed by atoms with Gasteiger partial charge in [-0.1, -0.05) is 0 Å². The summed E-state index contributed by atoms with van der Waals surface area (Å²) >= 11 is 0. The van der Waals surface area contributed by atoms with Gasteiger partial charge >= 0.3 is 0 Å². The maximum absolute atomic E-state index is 5.39. The molecule has 0 unspecified atom stereocenters. The first kappa shape index (κ1) is 11.1. The molecular weight excluding hydrogens is 178 g/mol. The highest BCUT2D eigenvalue weighted by atomic mass is 15.3. The molecule has 1 heterocycles. The molecule has 0 aliphatic rings. The molecule has 14 heavy (non-hydrogen) atoms. The molecule has 3 N–H and O–H groups in total. The summed E-state index contributed by atoms with van der Waals surface area (Å²) in [5, 5.41) is 7.44. The predicted octanol–water partition coefficient (Wildman–Crippen LogP) is 0.297. The number of nitrogens with two attached hydrogens (primary N) is 1. The quantitative estimate of drug-likeness (QED) is 0.643. The lowest BCUT2D eigenvalue weighted by atomic mass is 10.4. The molecule has 1 aromatic rings. The van der Waals surface area contributed by atoms with E-state index in [0.29, 0.717) is 6.04 Å². The number of rotatable bonds is 6. The van der Waals surface area contributed by atoms with Gasteiger partial charge in [0.2, 0.25) is 0 Å². The average Bonchev–Trinajstić information content (AvgIpc) is 2.60. The Kier molecular flexibility index (Phi) is 4.55. The van der Waals surface area contributed by atoms with Crippen LogP contribution in [0, 0.1) is 0 Å². The van der Waals surface area contributed by atoms with E-state index in [-0.39, 0.29) is 0 Å². The fourth-order valence-electron chi connectivity index (χ4n) is 1.26. The number of hydrogen-bond acceptors (Lipinski definition) is 4. The maximum atomic E-state index is 5.39. The van der Waals surface area contributed by atoms with Gasteiger partial charge in [0.05, 0.1) is 6.54 Å². The molecule has 0 bridgehead atoms. The molecule has 0 aliphatic carbocycles. The van der Waals surface area contributed by atoms with Gasteiger partial charge in [0, 0.05) is 6.04 Å². The molecule has 5 heteroatoms. The zero-order chi connectivity index (χ0) is 10.4. The third-order valence-electron chi connectivity index (χ3n) is 1.98. The van der Waals surface area contributed by atoms with Crippen molar-refractivity contribution in [3.05, 3.63) is 12.2 Å². The second kappa shape index (κ2) is 5.72. The van der Waals surface area contributed by atoms with E-state index in [1.165, 1.54) is 0 Å². The van der Waals surface area contributed by atoms with Crippen LogP contribution in [-0.2, 0) is 6.54 Å². The summed E-state index contributed by atoms with van der Waals surface area (Å²) in [5.41, 5.74) is 5.39. The van der Waals surface area contributed by atoms with Crippen molar-refractivity contribution < 1.29 is 0 Å². The first-order valence-corrected chi connectivity index (χ1v) is 5.05. The largest absolute Gasteiger partial charge is 0.330 e. The number of hydrogen-bond donors (Lipinski definition) is 2. The van der Waals surface area contributed by atoms with Crippen molar-refractivity contribution >= 4 is 0 Å². The smallest absolute Gasteiger partial charge is 0.141 e. The highest BCUT2D eigenvalue weighted by Gasteiger charge is 2.05. The van der Waals surface area contributed by atoms with Crippen LogP contribution in [0.15, 0.2) is 6.33 Å². The van der Waals surface area contributed by atoms with Crippen LogP contribution < -0.4 is 11.1 Å². The fraction of sp³-hybridized carbons (Fsp3) is 0.778. The SMILES string of the molecule is CC(C)n1ncnc1CNCCCN. The van der Waals surface area contributed by atoms with E-state index in [0.717, 1.165) is 31.9 Å². The second-order valence-electron chi connectivity index (χ2n) is 3.53. The number of nitrogens with one attached hydrogen (secondary N) is 1. The van der Waals surface area contributed by atoms with Gasteiger partial charge in [-0.05, 0) is 33.4 Å². The van der Waals surface area contributed by atoms with Gasteiger partial charge in [0.15, 0.2) is 0 Å². The van der Waals surface area contributed by atoms with Crippen molar-refractivity contribution in [1.82, 2.24) is 20.1 Å². The highest BCUT2D eigenvalue weighted by molar-refractivity contribution is 4.85. The third kappa shape index (κ3) is 3.08. The lowest BCUT2D eigenvalue weighted by Crippen LogP contribution is -2.21. The number of nitrogens with zero attached hydrogens (tertiary/aromatic N) is 3. The van der Waals surface area contributed by atoms with E-state index in [1.807, 2.05) is 4.68 Å². The van der Waals surface area contributed by atoms with Gasteiger partial charge in [-0.2, -0.15) is 5.10 Å². The van der Waals surface area contributed by atoms with E-state index in [1.54, 1.807) is 6.33 Å². The van der Waals surface area contributed by atoms with Crippen LogP contribution in [0.1, 0.15) is 32.1 Å². The molecule has 1 rings (SSSR count). The van der Waals surface area contributed by atoms with Crippen LogP contribution in [0.3, 0.4) is 0 Å². The molecule has 0 amide bonds. The summed E-state index contributed by atoms with van der Waals surface area (Å²) in [6.45, 7) is 6.61. The van der Waals surface area contributed by atoms with Crippen molar-refractivity contribution in [2.45, 2.75) is 32.9 Å². The Morgan fingerprint density at radius 2 is 2.36 bits per heavy atom. The Labute approximate surface area is 84.7 Å². The van der Waals surface area contributed by atoms with Crippen molar-refractivity contribution in [3.8, 4) is 0 Å². The molecule has 0 saturated heterocycles. The van der Waals surface area contributed by atoms with E-state index in [4.69, 9.17) is 5.73 Å². The van der Waals surface area contributed by atoms with E-state index in [9.17, 15) is 0 Å². The van der Waals surface area contributed by atoms with E-state index in [2.05, 4.69) is 29.2 Å². The zero-order valence-corrected chi connectivity index (χ0v) is 8.90. The van der Waals surface area contributed by atoms with Crippen LogP contribution in [0.5, 0.6) is 0 Å². The van der Waals surface area contributed by atoms with Crippen molar-refractivity contribution in [1.29, 1.82) is 0 Å². The van der Waals surface area contributed by atoms with Crippen molar-refractivity contribution in [2.24, 2.45) is 5.73 Å². The Bertz CT molecular complexity index is 255. The van der Waals surface area contributed by atoms with Gasteiger partial charge < -0.3 is 11.1 Å². The van der Waals surface area contributed by atoms with Crippen LogP contribution in [0.25, 0.3) is 0 Å². The van der Waals surface area contributed by atoms with Gasteiger partial charge in [0.25, 0.3) is 0 Å².